The molecule has 0 amide bonds. The number of rotatable bonds is 3. The van der Waals surface area contributed by atoms with Gasteiger partial charge >= 0.3 is 0 Å². The number of aromatic nitrogens is 5. The van der Waals surface area contributed by atoms with E-state index in [1.165, 1.54) is 10.8 Å². The maximum atomic E-state index is 12.9. The van der Waals surface area contributed by atoms with Gasteiger partial charge in [-0.05, 0) is 32.0 Å². The van der Waals surface area contributed by atoms with E-state index in [4.69, 9.17) is 0 Å². The zero-order valence-electron chi connectivity index (χ0n) is 14.7. The average molecular weight is 360 g/mol. The molecule has 1 aromatic carbocycles. The number of hydrogen-bond acceptors (Lipinski definition) is 6. The Morgan fingerprint density at radius 1 is 1.00 bits per heavy atom. The SMILES string of the molecule is Cc1nnc(C)n1/N=C/c1c(O)n(-c2ccccn2)c(=O)c2ccccc12. The van der Waals surface area contributed by atoms with E-state index in [0.717, 1.165) is 0 Å². The highest BCUT2D eigenvalue weighted by molar-refractivity contribution is 6.01. The van der Waals surface area contributed by atoms with Gasteiger partial charge < -0.3 is 5.11 Å². The largest absolute Gasteiger partial charge is 0.494 e. The molecule has 0 aliphatic rings. The molecular formula is C19H16N6O2. The molecule has 0 radical (unpaired) electrons. The van der Waals surface area contributed by atoms with E-state index in [9.17, 15) is 9.90 Å². The zero-order chi connectivity index (χ0) is 19.0. The van der Waals surface area contributed by atoms with Crippen LogP contribution in [0.1, 0.15) is 17.2 Å². The summed E-state index contributed by atoms with van der Waals surface area (Å²) < 4.78 is 2.74. The maximum absolute atomic E-state index is 12.9. The van der Waals surface area contributed by atoms with Gasteiger partial charge in [0.05, 0.1) is 11.8 Å². The van der Waals surface area contributed by atoms with Crippen molar-refractivity contribution in [3.05, 3.63) is 76.2 Å². The molecule has 8 heteroatoms. The lowest BCUT2D eigenvalue weighted by Gasteiger charge is -2.12. The molecule has 1 N–H and O–H groups in total. The Kier molecular flexibility index (Phi) is 4.00. The predicted octanol–water partition coefficient (Wildman–Crippen LogP) is 2.18. The number of hydrogen-bond donors (Lipinski definition) is 1. The van der Waals surface area contributed by atoms with E-state index in [0.29, 0.717) is 33.8 Å². The Labute approximate surface area is 154 Å². The van der Waals surface area contributed by atoms with Crippen molar-refractivity contribution in [1.82, 2.24) is 24.4 Å². The Hall–Kier alpha value is -3.81. The third-order valence-electron chi connectivity index (χ3n) is 4.24. The first kappa shape index (κ1) is 16.6. The summed E-state index contributed by atoms with van der Waals surface area (Å²) in [7, 11) is 0. The average Bonchev–Trinajstić information content (AvgIpc) is 3.01. The highest BCUT2D eigenvalue weighted by Crippen LogP contribution is 2.25. The summed E-state index contributed by atoms with van der Waals surface area (Å²) in [4.78, 5) is 17.1. The first-order valence-corrected chi connectivity index (χ1v) is 8.29. The van der Waals surface area contributed by atoms with Crippen LogP contribution in [0.25, 0.3) is 16.6 Å². The van der Waals surface area contributed by atoms with Gasteiger partial charge in [0.1, 0.15) is 5.82 Å². The van der Waals surface area contributed by atoms with Gasteiger partial charge in [0.15, 0.2) is 11.6 Å². The molecule has 4 aromatic rings. The normalized spacial score (nSPS) is 11.5. The lowest BCUT2D eigenvalue weighted by Crippen LogP contribution is -2.21. The molecule has 3 heterocycles. The van der Waals surface area contributed by atoms with Crippen LogP contribution in [-0.4, -0.2) is 35.7 Å². The van der Waals surface area contributed by atoms with Crippen LogP contribution in [0.15, 0.2) is 58.6 Å². The number of fused-ring (bicyclic) bond motifs is 1. The number of benzene rings is 1. The summed E-state index contributed by atoms with van der Waals surface area (Å²) in [5.41, 5.74) is 0.0546. The van der Waals surface area contributed by atoms with Gasteiger partial charge in [-0.15, -0.1) is 10.2 Å². The number of aromatic hydroxyl groups is 1. The maximum Gasteiger partial charge on any atom is 0.267 e. The molecule has 0 saturated heterocycles. The first-order valence-electron chi connectivity index (χ1n) is 8.29. The van der Waals surface area contributed by atoms with Crippen LogP contribution >= 0.6 is 0 Å². The molecule has 0 spiro atoms. The van der Waals surface area contributed by atoms with Crippen molar-refractivity contribution in [2.45, 2.75) is 13.8 Å². The van der Waals surface area contributed by atoms with Crippen LogP contribution in [-0.2, 0) is 0 Å². The van der Waals surface area contributed by atoms with E-state index in [-0.39, 0.29) is 11.4 Å². The number of pyridine rings is 2. The molecule has 0 unspecified atom stereocenters. The molecule has 27 heavy (non-hydrogen) atoms. The Morgan fingerprint density at radius 3 is 2.33 bits per heavy atom. The van der Waals surface area contributed by atoms with Crippen molar-refractivity contribution >= 4 is 17.0 Å². The topological polar surface area (TPSA) is 98.2 Å². The molecule has 0 bridgehead atoms. The standard InChI is InChI=1S/C19H16N6O2/c1-12-22-23-13(2)25(12)21-11-16-14-7-3-4-8-15(14)18(26)24(19(16)27)17-9-5-6-10-20-17/h3-11,27H,1-2H3/b21-11+. The molecular weight excluding hydrogens is 344 g/mol. The van der Waals surface area contributed by atoms with Crippen LogP contribution in [0.5, 0.6) is 5.88 Å². The molecule has 134 valence electrons. The monoisotopic (exact) mass is 360 g/mol. The summed E-state index contributed by atoms with van der Waals surface area (Å²) in [6.45, 7) is 3.56. The summed E-state index contributed by atoms with van der Waals surface area (Å²) in [6, 6.07) is 12.2. The van der Waals surface area contributed by atoms with E-state index >= 15 is 0 Å². The van der Waals surface area contributed by atoms with E-state index in [2.05, 4.69) is 20.3 Å². The Morgan fingerprint density at radius 2 is 1.67 bits per heavy atom. The minimum atomic E-state index is -0.351. The summed E-state index contributed by atoms with van der Waals surface area (Å²) >= 11 is 0. The van der Waals surface area contributed by atoms with Crippen molar-refractivity contribution in [3.63, 3.8) is 0 Å². The highest BCUT2D eigenvalue weighted by atomic mass is 16.3. The lowest BCUT2D eigenvalue weighted by atomic mass is 10.1. The smallest absolute Gasteiger partial charge is 0.267 e. The molecule has 4 rings (SSSR count). The lowest BCUT2D eigenvalue weighted by molar-refractivity contribution is 0.435. The number of aryl methyl sites for hydroxylation is 2. The fourth-order valence-electron chi connectivity index (χ4n) is 2.93. The quantitative estimate of drug-likeness (QED) is 0.565. The van der Waals surface area contributed by atoms with Crippen molar-refractivity contribution < 1.29 is 5.11 Å². The first-order chi connectivity index (χ1) is 13.1. The van der Waals surface area contributed by atoms with Gasteiger partial charge in [-0.1, -0.05) is 24.3 Å². The molecule has 3 aromatic heterocycles. The summed E-state index contributed by atoms with van der Waals surface area (Å²) in [5, 5.41) is 24.2. The van der Waals surface area contributed by atoms with Crippen LogP contribution in [0, 0.1) is 13.8 Å². The van der Waals surface area contributed by atoms with Gasteiger partial charge in [-0.25, -0.2) is 14.2 Å². The summed E-state index contributed by atoms with van der Waals surface area (Å²) in [5.74, 6) is 1.33. The van der Waals surface area contributed by atoms with Gasteiger partial charge in [0, 0.05) is 17.0 Å². The van der Waals surface area contributed by atoms with Crippen molar-refractivity contribution in [1.29, 1.82) is 0 Å². The fourth-order valence-corrected chi connectivity index (χ4v) is 2.93. The van der Waals surface area contributed by atoms with Gasteiger partial charge in [0.2, 0.25) is 5.88 Å². The van der Waals surface area contributed by atoms with Crippen molar-refractivity contribution in [2.24, 2.45) is 5.10 Å². The van der Waals surface area contributed by atoms with Gasteiger partial charge in [-0.2, -0.15) is 5.10 Å². The second kappa shape index (κ2) is 6.49. The van der Waals surface area contributed by atoms with E-state index in [1.807, 2.05) is 0 Å². The Bertz CT molecular complexity index is 1200. The van der Waals surface area contributed by atoms with Crippen LogP contribution in [0.3, 0.4) is 0 Å². The second-order valence-electron chi connectivity index (χ2n) is 5.96. The van der Waals surface area contributed by atoms with Crippen molar-refractivity contribution in [2.75, 3.05) is 0 Å². The van der Waals surface area contributed by atoms with Gasteiger partial charge in [0.25, 0.3) is 5.56 Å². The highest BCUT2D eigenvalue weighted by Gasteiger charge is 2.17. The minimum absolute atomic E-state index is 0.232. The molecule has 0 saturated carbocycles. The molecule has 0 aliphatic carbocycles. The predicted molar refractivity (Wildman–Crippen MR) is 101 cm³/mol. The van der Waals surface area contributed by atoms with Crippen molar-refractivity contribution in [3.8, 4) is 11.7 Å². The minimum Gasteiger partial charge on any atom is -0.494 e. The van der Waals surface area contributed by atoms with E-state index in [1.54, 1.807) is 67.2 Å². The van der Waals surface area contributed by atoms with E-state index < -0.39 is 0 Å². The van der Waals surface area contributed by atoms with Gasteiger partial charge in [-0.3, -0.25) is 4.79 Å². The molecule has 0 atom stereocenters. The van der Waals surface area contributed by atoms with Crippen LogP contribution in [0.2, 0.25) is 0 Å². The molecule has 8 nitrogen and oxygen atoms in total. The fraction of sp³-hybridized carbons (Fsp3) is 0.105. The van der Waals surface area contributed by atoms with Crippen LogP contribution < -0.4 is 5.56 Å². The molecule has 0 fully saturated rings. The zero-order valence-corrected chi connectivity index (χ0v) is 14.7. The third-order valence-corrected chi connectivity index (χ3v) is 4.24. The molecule has 0 aliphatic heterocycles. The Balaban J connectivity index is 2.01. The second-order valence-corrected chi connectivity index (χ2v) is 5.96. The third kappa shape index (κ3) is 2.77. The summed E-state index contributed by atoms with van der Waals surface area (Å²) in [6.07, 6.45) is 3.06. The number of nitrogens with zero attached hydrogens (tertiary/aromatic N) is 6. The van der Waals surface area contributed by atoms with Crippen LogP contribution in [0.4, 0.5) is 0 Å².